The average molecular weight is 591 g/mol. The van der Waals surface area contributed by atoms with Gasteiger partial charge in [-0.1, -0.05) is 59.7 Å². The molecule has 6 aromatic rings. The molecule has 0 bridgehead atoms. The molecule has 6 aromatic carbocycles. The molecule has 0 saturated carbocycles. The summed E-state index contributed by atoms with van der Waals surface area (Å²) in [6, 6.07) is 44.9. The zero-order chi connectivity index (χ0) is 31.4. The van der Waals surface area contributed by atoms with Gasteiger partial charge in [-0.2, -0.15) is 10.5 Å². The van der Waals surface area contributed by atoms with Crippen molar-refractivity contribution in [3.8, 4) is 23.6 Å². The molecular weight excluding hydrogens is 564 g/mol. The lowest BCUT2D eigenvalue weighted by Crippen LogP contribution is -2.12. The smallest absolute Gasteiger partial charge is 0.143 e. The van der Waals surface area contributed by atoms with Crippen LogP contribution in [0.2, 0.25) is 0 Å². The third kappa shape index (κ3) is 4.36. The van der Waals surface area contributed by atoms with Crippen LogP contribution >= 0.6 is 0 Å². The molecule has 216 valence electrons. The number of aryl methyl sites for hydroxylation is 2. The van der Waals surface area contributed by atoms with E-state index in [0.717, 1.165) is 78.3 Å². The van der Waals surface area contributed by atoms with Crippen LogP contribution in [0.3, 0.4) is 0 Å². The van der Waals surface area contributed by atoms with Crippen molar-refractivity contribution in [2.24, 2.45) is 0 Å². The Morgan fingerprint density at radius 1 is 0.413 bits per heavy atom. The number of ether oxygens (including phenoxy) is 2. The monoisotopic (exact) mass is 590 g/mol. The van der Waals surface area contributed by atoms with Crippen molar-refractivity contribution in [1.82, 2.24) is 0 Å². The fourth-order valence-corrected chi connectivity index (χ4v) is 6.40. The van der Waals surface area contributed by atoms with Gasteiger partial charge >= 0.3 is 0 Å². The minimum atomic E-state index is 0.599. The van der Waals surface area contributed by atoms with Crippen LogP contribution in [0.1, 0.15) is 55.6 Å². The molecule has 0 fully saturated rings. The Labute approximate surface area is 267 Å². The van der Waals surface area contributed by atoms with E-state index in [0.29, 0.717) is 11.1 Å². The number of benzene rings is 6. The molecule has 0 amide bonds. The van der Waals surface area contributed by atoms with Crippen LogP contribution in [0, 0.1) is 36.5 Å². The fourth-order valence-electron chi connectivity index (χ4n) is 6.40. The predicted molar refractivity (Wildman–Crippen MR) is 182 cm³/mol. The second-order valence-corrected chi connectivity index (χ2v) is 11.7. The SMILES string of the molecule is Cc1ccc(C2=C(c3ccc(C#N)cc3)Oc3ccc4c5c(ccc2c35)OC(c2ccc(C#N)cc2)=C4c2ccc(C)cc2)cc1. The maximum Gasteiger partial charge on any atom is 0.143 e. The first-order valence-electron chi connectivity index (χ1n) is 15.1. The highest BCUT2D eigenvalue weighted by molar-refractivity contribution is 6.17. The summed E-state index contributed by atoms with van der Waals surface area (Å²) in [5, 5.41) is 20.8. The molecule has 8 rings (SSSR count). The molecular formula is C42H26N2O2. The molecule has 4 nitrogen and oxygen atoms in total. The third-order valence-corrected chi connectivity index (χ3v) is 8.73. The average Bonchev–Trinajstić information content (AvgIpc) is 3.11. The highest BCUT2D eigenvalue weighted by Crippen LogP contribution is 2.53. The summed E-state index contributed by atoms with van der Waals surface area (Å²) in [5.41, 5.74) is 11.5. The van der Waals surface area contributed by atoms with Gasteiger partial charge in [0.1, 0.15) is 23.0 Å². The highest BCUT2D eigenvalue weighted by atomic mass is 16.5. The van der Waals surface area contributed by atoms with Crippen molar-refractivity contribution >= 4 is 33.4 Å². The van der Waals surface area contributed by atoms with E-state index in [1.54, 1.807) is 0 Å². The number of nitrogens with zero attached hydrogens (tertiary/aromatic N) is 2. The van der Waals surface area contributed by atoms with Crippen molar-refractivity contribution in [3.05, 3.63) is 177 Å². The van der Waals surface area contributed by atoms with Crippen LogP contribution in [0.4, 0.5) is 0 Å². The summed E-state index contributed by atoms with van der Waals surface area (Å²) >= 11 is 0. The molecule has 0 saturated heterocycles. The van der Waals surface area contributed by atoms with Crippen LogP contribution in [0.25, 0.3) is 33.4 Å². The molecule has 0 atom stereocenters. The van der Waals surface area contributed by atoms with E-state index in [-0.39, 0.29) is 0 Å². The van der Waals surface area contributed by atoms with Gasteiger partial charge in [0.25, 0.3) is 0 Å². The number of rotatable bonds is 4. The van der Waals surface area contributed by atoms with Crippen molar-refractivity contribution in [2.75, 3.05) is 0 Å². The summed E-state index contributed by atoms with van der Waals surface area (Å²) in [5.74, 6) is 2.99. The number of nitriles is 2. The molecule has 2 aliphatic heterocycles. The Kier molecular flexibility index (Phi) is 6.31. The van der Waals surface area contributed by atoms with E-state index >= 15 is 0 Å². The predicted octanol–water partition coefficient (Wildman–Crippen LogP) is 9.82. The Morgan fingerprint density at radius 3 is 1.11 bits per heavy atom. The van der Waals surface area contributed by atoms with Gasteiger partial charge in [-0.3, -0.25) is 0 Å². The van der Waals surface area contributed by atoms with Crippen LogP contribution in [0.5, 0.6) is 11.5 Å². The van der Waals surface area contributed by atoms with Crippen LogP contribution in [-0.4, -0.2) is 0 Å². The van der Waals surface area contributed by atoms with E-state index in [1.165, 1.54) is 11.1 Å². The lowest BCUT2D eigenvalue weighted by atomic mass is 9.83. The molecule has 2 heterocycles. The summed E-state index contributed by atoms with van der Waals surface area (Å²) in [6.45, 7) is 4.17. The minimum Gasteiger partial charge on any atom is -0.455 e. The molecule has 0 radical (unpaired) electrons. The maximum absolute atomic E-state index is 9.42. The van der Waals surface area contributed by atoms with Gasteiger partial charge in [-0.25, -0.2) is 0 Å². The summed E-state index contributed by atoms with van der Waals surface area (Å²) in [7, 11) is 0. The Bertz CT molecular complexity index is 2180. The quantitative estimate of drug-likeness (QED) is 0.205. The first-order valence-corrected chi connectivity index (χ1v) is 15.1. The minimum absolute atomic E-state index is 0.599. The summed E-state index contributed by atoms with van der Waals surface area (Å²) < 4.78 is 13.7. The maximum atomic E-state index is 9.42. The van der Waals surface area contributed by atoms with Crippen LogP contribution in [0.15, 0.2) is 121 Å². The van der Waals surface area contributed by atoms with Crippen molar-refractivity contribution in [2.45, 2.75) is 13.8 Å². The zero-order valence-corrected chi connectivity index (χ0v) is 25.3. The van der Waals surface area contributed by atoms with Crippen molar-refractivity contribution in [1.29, 1.82) is 10.5 Å². The van der Waals surface area contributed by atoms with E-state index in [2.05, 4.69) is 98.8 Å². The Morgan fingerprint density at radius 2 is 0.761 bits per heavy atom. The number of hydrogen-bond acceptors (Lipinski definition) is 4. The molecule has 0 spiro atoms. The van der Waals surface area contributed by atoms with Gasteiger partial charge in [0.2, 0.25) is 0 Å². The van der Waals surface area contributed by atoms with E-state index in [9.17, 15) is 10.5 Å². The van der Waals surface area contributed by atoms with Crippen LogP contribution < -0.4 is 9.47 Å². The third-order valence-electron chi connectivity index (χ3n) is 8.73. The van der Waals surface area contributed by atoms with E-state index < -0.39 is 0 Å². The molecule has 46 heavy (non-hydrogen) atoms. The van der Waals surface area contributed by atoms with Gasteiger partial charge < -0.3 is 9.47 Å². The zero-order valence-electron chi connectivity index (χ0n) is 25.3. The molecule has 4 heteroatoms. The normalized spacial score (nSPS) is 13.1. The number of hydrogen-bond donors (Lipinski definition) is 0. The second kappa shape index (κ2) is 10.7. The fraction of sp³-hybridized carbons (Fsp3) is 0.0476. The van der Waals surface area contributed by atoms with Crippen molar-refractivity contribution < 1.29 is 9.47 Å². The molecule has 2 aliphatic rings. The van der Waals surface area contributed by atoms with Gasteiger partial charge in [-0.05, 0) is 109 Å². The first kappa shape index (κ1) is 27.2. The van der Waals surface area contributed by atoms with Crippen molar-refractivity contribution in [3.63, 3.8) is 0 Å². The lowest BCUT2D eigenvalue weighted by Gasteiger charge is -2.30. The van der Waals surface area contributed by atoms with Gasteiger partial charge in [-0.15, -0.1) is 0 Å². The Hall–Kier alpha value is -6.36. The standard InChI is InChI=1S/C42H26N2O2/c1-25-3-11-29(12-4-25)37-33-19-21-36-40-34(20-22-35(39(33)40)45-41(37)31-15-7-27(23-43)8-16-31)38(30-13-5-26(2)6-14-30)42(46-36)32-17-9-28(24-44)10-18-32/h3-22H,1-2H3. The summed E-state index contributed by atoms with van der Waals surface area (Å²) in [4.78, 5) is 0. The van der Waals surface area contributed by atoms with E-state index in [4.69, 9.17) is 9.47 Å². The molecule has 0 aliphatic carbocycles. The molecule has 0 aromatic heterocycles. The lowest BCUT2D eigenvalue weighted by molar-refractivity contribution is 0.512. The van der Waals surface area contributed by atoms with Gasteiger partial charge in [0, 0.05) is 33.0 Å². The Balaban J connectivity index is 1.42. The van der Waals surface area contributed by atoms with Gasteiger partial charge in [0.05, 0.1) is 23.3 Å². The topological polar surface area (TPSA) is 66.0 Å². The van der Waals surface area contributed by atoms with E-state index in [1.807, 2.05) is 48.5 Å². The van der Waals surface area contributed by atoms with Crippen LogP contribution in [-0.2, 0) is 0 Å². The molecule has 0 N–H and O–H groups in total. The second-order valence-electron chi connectivity index (χ2n) is 11.7. The largest absolute Gasteiger partial charge is 0.455 e. The first-order chi connectivity index (χ1) is 22.5. The summed E-state index contributed by atoms with van der Waals surface area (Å²) in [6.07, 6.45) is 0. The molecule has 0 unspecified atom stereocenters. The van der Waals surface area contributed by atoms with Gasteiger partial charge in [0.15, 0.2) is 0 Å². The highest BCUT2D eigenvalue weighted by Gasteiger charge is 2.32.